The average Bonchev–Trinajstić information content (AvgIpc) is 2.45. The monoisotopic (exact) mass is 286 g/mol. The highest BCUT2D eigenvalue weighted by Crippen LogP contribution is 2.26. The molecule has 0 spiro atoms. The Hall–Kier alpha value is -2.43. The minimum Gasteiger partial charge on any atom is -0.481 e. The Morgan fingerprint density at radius 3 is 2.57 bits per heavy atom. The van der Waals surface area contributed by atoms with Crippen molar-refractivity contribution in [3.63, 3.8) is 0 Å². The zero-order valence-corrected chi connectivity index (χ0v) is 12.6. The summed E-state index contributed by atoms with van der Waals surface area (Å²) in [5.41, 5.74) is 1.25. The van der Waals surface area contributed by atoms with Gasteiger partial charge < -0.3 is 9.47 Å². The number of hydrogen-bond donors (Lipinski definition) is 0. The Bertz CT molecular complexity index is 648. The van der Waals surface area contributed by atoms with Gasteiger partial charge in [0.15, 0.2) is 0 Å². The molecule has 0 aromatic carbocycles. The summed E-state index contributed by atoms with van der Waals surface area (Å²) in [6.45, 7) is 5.49. The minimum absolute atomic E-state index is 0.381. The van der Waals surface area contributed by atoms with Gasteiger partial charge in [0.2, 0.25) is 5.88 Å². The molecular weight excluding hydrogens is 268 g/mol. The van der Waals surface area contributed by atoms with Gasteiger partial charge in [0, 0.05) is 12.4 Å². The average molecular weight is 286 g/mol. The van der Waals surface area contributed by atoms with Gasteiger partial charge in [-0.05, 0) is 45.0 Å². The van der Waals surface area contributed by atoms with Crippen LogP contribution in [-0.4, -0.2) is 28.6 Å². The molecule has 2 aromatic heterocycles. The van der Waals surface area contributed by atoms with Gasteiger partial charge in [0.05, 0.1) is 23.9 Å². The molecule has 21 heavy (non-hydrogen) atoms. The van der Waals surface area contributed by atoms with Crippen molar-refractivity contribution in [1.82, 2.24) is 9.97 Å². The first kappa shape index (κ1) is 15.0. The summed E-state index contributed by atoms with van der Waals surface area (Å²) in [6, 6.07) is 6.93. The molecular formula is C16H18N2O3. The molecule has 0 aliphatic heterocycles. The van der Waals surface area contributed by atoms with Crippen molar-refractivity contribution in [1.29, 1.82) is 0 Å². The predicted molar refractivity (Wildman–Crippen MR) is 79.2 cm³/mol. The standard InChI is InChI=1S/C16H18N2O3/c1-16(2,3)21-15(19)11-7-9-17-13(10-11)12-6-5-8-18-14(12)20-4/h5-10H,1-4H3. The van der Waals surface area contributed by atoms with E-state index in [0.29, 0.717) is 17.1 Å². The van der Waals surface area contributed by atoms with Gasteiger partial charge in [-0.3, -0.25) is 4.98 Å². The first-order valence-electron chi connectivity index (χ1n) is 6.59. The number of pyridine rings is 2. The minimum atomic E-state index is -0.535. The third-order valence-corrected chi connectivity index (χ3v) is 2.63. The molecule has 2 aromatic rings. The van der Waals surface area contributed by atoms with Crippen molar-refractivity contribution < 1.29 is 14.3 Å². The number of nitrogens with zero attached hydrogens (tertiary/aromatic N) is 2. The Morgan fingerprint density at radius 1 is 1.14 bits per heavy atom. The van der Waals surface area contributed by atoms with Crippen LogP contribution in [0, 0.1) is 0 Å². The normalized spacial score (nSPS) is 11.0. The number of carbonyl (C=O) groups is 1. The smallest absolute Gasteiger partial charge is 0.338 e. The van der Waals surface area contributed by atoms with E-state index in [9.17, 15) is 4.79 Å². The van der Waals surface area contributed by atoms with E-state index in [1.807, 2.05) is 26.8 Å². The van der Waals surface area contributed by atoms with Crippen molar-refractivity contribution in [3.05, 3.63) is 42.2 Å². The van der Waals surface area contributed by atoms with Gasteiger partial charge in [-0.25, -0.2) is 9.78 Å². The van der Waals surface area contributed by atoms with E-state index in [-0.39, 0.29) is 5.97 Å². The fraction of sp³-hybridized carbons (Fsp3) is 0.312. The van der Waals surface area contributed by atoms with Gasteiger partial charge >= 0.3 is 5.97 Å². The van der Waals surface area contributed by atoms with Gasteiger partial charge in [0.25, 0.3) is 0 Å². The number of esters is 1. The van der Waals surface area contributed by atoms with Crippen molar-refractivity contribution >= 4 is 5.97 Å². The summed E-state index contributed by atoms with van der Waals surface area (Å²) in [6.07, 6.45) is 3.21. The van der Waals surface area contributed by atoms with E-state index in [2.05, 4.69) is 9.97 Å². The summed E-state index contributed by atoms with van der Waals surface area (Å²) < 4.78 is 10.6. The molecule has 0 aliphatic rings. The lowest BCUT2D eigenvalue weighted by Crippen LogP contribution is -2.23. The summed E-state index contributed by atoms with van der Waals surface area (Å²) in [7, 11) is 1.55. The van der Waals surface area contributed by atoms with Crippen molar-refractivity contribution in [2.75, 3.05) is 7.11 Å². The third kappa shape index (κ3) is 3.78. The number of carbonyl (C=O) groups excluding carboxylic acids is 1. The molecule has 0 fully saturated rings. The van der Waals surface area contributed by atoms with Crippen LogP contribution in [0.25, 0.3) is 11.3 Å². The third-order valence-electron chi connectivity index (χ3n) is 2.63. The molecule has 0 N–H and O–H groups in total. The molecule has 0 saturated carbocycles. The lowest BCUT2D eigenvalue weighted by Gasteiger charge is -2.19. The Morgan fingerprint density at radius 2 is 1.90 bits per heavy atom. The molecule has 0 amide bonds. The van der Waals surface area contributed by atoms with E-state index >= 15 is 0 Å². The molecule has 0 atom stereocenters. The van der Waals surface area contributed by atoms with Crippen LogP contribution in [0.3, 0.4) is 0 Å². The van der Waals surface area contributed by atoms with Crippen molar-refractivity contribution in [3.8, 4) is 17.1 Å². The number of ether oxygens (including phenoxy) is 2. The van der Waals surface area contributed by atoms with Crippen LogP contribution in [-0.2, 0) is 4.74 Å². The first-order valence-corrected chi connectivity index (χ1v) is 6.59. The molecule has 2 rings (SSSR count). The number of aromatic nitrogens is 2. The lowest BCUT2D eigenvalue weighted by molar-refractivity contribution is 0.00694. The number of hydrogen-bond acceptors (Lipinski definition) is 5. The summed E-state index contributed by atoms with van der Waals surface area (Å²) in [5.74, 6) is 0.0837. The molecule has 0 bridgehead atoms. The fourth-order valence-corrected chi connectivity index (χ4v) is 1.79. The van der Waals surface area contributed by atoms with Crippen molar-refractivity contribution in [2.45, 2.75) is 26.4 Å². The van der Waals surface area contributed by atoms with Gasteiger partial charge in [-0.1, -0.05) is 0 Å². The molecule has 5 nitrogen and oxygen atoms in total. The molecule has 5 heteroatoms. The maximum Gasteiger partial charge on any atom is 0.338 e. The highest BCUT2D eigenvalue weighted by Gasteiger charge is 2.19. The summed E-state index contributed by atoms with van der Waals surface area (Å²) in [4.78, 5) is 20.5. The van der Waals surface area contributed by atoms with Crippen molar-refractivity contribution in [2.24, 2.45) is 0 Å². The Labute approximate surface area is 124 Å². The van der Waals surface area contributed by atoms with E-state index in [1.54, 1.807) is 37.7 Å². The summed E-state index contributed by atoms with van der Waals surface area (Å²) >= 11 is 0. The highest BCUT2D eigenvalue weighted by atomic mass is 16.6. The molecule has 0 radical (unpaired) electrons. The summed E-state index contributed by atoms with van der Waals surface area (Å²) in [5, 5.41) is 0. The maximum absolute atomic E-state index is 12.1. The first-order chi connectivity index (χ1) is 9.90. The Balaban J connectivity index is 2.36. The Kier molecular flexibility index (Phi) is 4.21. The van der Waals surface area contributed by atoms with E-state index in [0.717, 1.165) is 5.56 Å². The second-order valence-electron chi connectivity index (χ2n) is 5.49. The topological polar surface area (TPSA) is 61.3 Å². The second kappa shape index (κ2) is 5.91. The molecule has 0 aliphatic carbocycles. The molecule has 0 saturated heterocycles. The van der Waals surface area contributed by atoms with E-state index in [4.69, 9.17) is 9.47 Å². The van der Waals surface area contributed by atoms with Crippen LogP contribution < -0.4 is 4.74 Å². The van der Waals surface area contributed by atoms with Gasteiger partial charge in [-0.15, -0.1) is 0 Å². The second-order valence-corrected chi connectivity index (χ2v) is 5.49. The molecule has 110 valence electrons. The van der Waals surface area contributed by atoms with E-state index in [1.165, 1.54) is 0 Å². The predicted octanol–water partition coefficient (Wildman–Crippen LogP) is 3.11. The largest absolute Gasteiger partial charge is 0.481 e. The van der Waals surface area contributed by atoms with Crippen LogP contribution in [0.5, 0.6) is 5.88 Å². The highest BCUT2D eigenvalue weighted by molar-refractivity contribution is 5.91. The quantitative estimate of drug-likeness (QED) is 0.811. The van der Waals surface area contributed by atoms with Crippen LogP contribution in [0.2, 0.25) is 0 Å². The van der Waals surface area contributed by atoms with Crippen LogP contribution in [0.1, 0.15) is 31.1 Å². The van der Waals surface area contributed by atoms with Gasteiger partial charge in [-0.2, -0.15) is 0 Å². The lowest BCUT2D eigenvalue weighted by atomic mass is 10.1. The zero-order valence-electron chi connectivity index (χ0n) is 12.6. The maximum atomic E-state index is 12.1. The van der Waals surface area contributed by atoms with E-state index < -0.39 is 5.60 Å². The zero-order chi connectivity index (χ0) is 15.5. The van der Waals surface area contributed by atoms with Crippen LogP contribution in [0.15, 0.2) is 36.7 Å². The SMILES string of the molecule is COc1ncccc1-c1cc(C(=O)OC(C)(C)C)ccn1. The van der Waals surface area contributed by atoms with Gasteiger partial charge in [0.1, 0.15) is 5.60 Å². The number of rotatable bonds is 3. The fourth-order valence-electron chi connectivity index (χ4n) is 1.79. The number of methoxy groups -OCH3 is 1. The molecule has 2 heterocycles. The van der Waals surface area contributed by atoms with Crippen LogP contribution >= 0.6 is 0 Å². The molecule has 0 unspecified atom stereocenters. The van der Waals surface area contributed by atoms with Crippen LogP contribution in [0.4, 0.5) is 0 Å².